The molecule has 0 aliphatic carbocycles. The highest BCUT2D eigenvalue weighted by molar-refractivity contribution is 7.89. The van der Waals surface area contributed by atoms with Crippen LogP contribution in [0.2, 0.25) is 0 Å². The number of aryl methyl sites for hydroxylation is 1. The number of rotatable bonds is 5. The quantitative estimate of drug-likeness (QED) is 0.825. The van der Waals surface area contributed by atoms with Gasteiger partial charge in [-0.25, -0.2) is 13.1 Å². The molecule has 2 N–H and O–H groups in total. The topological polar surface area (TPSA) is 78.5 Å². The first-order chi connectivity index (χ1) is 11.5. The fraction of sp³-hybridized carbons (Fsp3) is 0.588. The van der Waals surface area contributed by atoms with Crippen LogP contribution in [0.4, 0.5) is 0 Å². The number of hydrogen-bond acceptors (Lipinski definition) is 4. The maximum atomic E-state index is 12.6. The summed E-state index contributed by atoms with van der Waals surface area (Å²) < 4.78 is 25.7. The molecule has 1 aromatic rings. The first-order valence-corrected chi connectivity index (χ1v) is 10.0. The lowest BCUT2D eigenvalue weighted by Crippen LogP contribution is -2.42. The Morgan fingerprint density at radius 1 is 1.21 bits per heavy atom. The van der Waals surface area contributed by atoms with Crippen molar-refractivity contribution < 1.29 is 13.2 Å². The van der Waals surface area contributed by atoms with E-state index in [9.17, 15) is 13.2 Å². The van der Waals surface area contributed by atoms with Gasteiger partial charge in [-0.1, -0.05) is 12.1 Å². The molecule has 2 aliphatic rings. The monoisotopic (exact) mass is 351 g/mol. The van der Waals surface area contributed by atoms with Crippen LogP contribution >= 0.6 is 0 Å². The van der Waals surface area contributed by atoms with Gasteiger partial charge in [-0.3, -0.25) is 4.79 Å². The Kier molecular flexibility index (Phi) is 5.22. The molecule has 2 fully saturated rings. The van der Waals surface area contributed by atoms with E-state index in [1.165, 1.54) is 7.05 Å². The van der Waals surface area contributed by atoms with Crippen molar-refractivity contribution in [2.24, 2.45) is 0 Å². The Labute approximate surface area is 143 Å². The molecular weight excluding hydrogens is 326 g/mol. The summed E-state index contributed by atoms with van der Waals surface area (Å²) in [5, 5.41) is 3.41. The minimum Gasteiger partial charge on any atom is -0.335 e. The van der Waals surface area contributed by atoms with Crippen molar-refractivity contribution in [3.63, 3.8) is 0 Å². The number of fused-ring (bicyclic) bond motifs is 2. The number of carbonyl (C=O) groups excluding carboxylic acids is 1. The zero-order chi connectivity index (χ0) is 17.2. The normalized spacial score (nSPS) is 24.0. The van der Waals surface area contributed by atoms with E-state index in [4.69, 9.17) is 0 Å². The molecule has 7 heteroatoms. The second kappa shape index (κ2) is 7.21. The third kappa shape index (κ3) is 3.63. The molecule has 2 bridgehead atoms. The van der Waals surface area contributed by atoms with Crippen LogP contribution in [0.5, 0.6) is 0 Å². The van der Waals surface area contributed by atoms with Crippen molar-refractivity contribution in [1.82, 2.24) is 14.9 Å². The zero-order valence-corrected chi connectivity index (χ0v) is 14.8. The highest BCUT2D eigenvalue weighted by Crippen LogP contribution is 2.28. The van der Waals surface area contributed by atoms with Crippen molar-refractivity contribution >= 4 is 15.9 Å². The van der Waals surface area contributed by atoms with Gasteiger partial charge in [0.1, 0.15) is 0 Å². The maximum Gasteiger partial charge on any atom is 0.240 e. The lowest BCUT2D eigenvalue weighted by Gasteiger charge is -2.28. The van der Waals surface area contributed by atoms with Gasteiger partial charge in [0, 0.05) is 25.0 Å². The minimum absolute atomic E-state index is 0.220. The van der Waals surface area contributed by atoms with Crippen molar-refractivity contribution in [2.75, 3.05) is 20.1 Å². The Morgan fingerprint density at radius 2 is 1.92 bits per heavy atom. The van der Waals surface area contributed by atoms with Gasteiger partial charge >= 0.3 is 0 Å². The summed E-state index contributed by atoms with van der Waals surface area (Å²) in [6, 6.07) is 7.48. The number of sulfonamides is 1. The standard InChI is InChI=1S/C17H25N3O3S/c1-18-24(22,23)16-7-2-13(3-8-16)4-9-17(21)20-14-5-6-15(20)12-19-11-10-14/h2-3,7-8,14-15,18-19H,4-6,9-12H2,1H3. The van der Waals surface area contributed by atoms with Gasteiger partial charge in [0.05, 0.1) is 4.90 Å². The molecule has 2 heterocycles. The predicted octanol–water partition coefficient (Wildman–Crippen LogP) is 0.880. The van der Waals surface area contributed by atoms with E-state index >= 15 is 0 Å². The fourth-order valence-corrected chi connectivity index (χ4v) is 4.45. The van der Waals surface area contributed by atoms with Crippen LogP contribution in [-0.4, -0.2) is 51.4 Å². The average Bonchev–Trinajstić information content (AvgIpc) is 2.86. The van der Waals surface area contributed by atoms with Gasteiger partial charge in [0.15, 0.2) is 0 Å². The highest BCUT2D eigenvalue weighted by Gasteiger charge is 2.37. The Balaban J connectivity index is 1.60. The Bertz CT molecular complexity index is 674. The van der Waals surface area contributed by atoms with E-state index in [1.807, 2.05) is 0 Å². The summed E-state index contributed by atoms with van der Waals surface area (Å²) in [4.78, 5) is 15.0. The van der Waals surface area contributed by atoms with Crippen LogP contribution < -0.4 is 10.0 Å². The molecular formula is C17H25N3O3S. The SMILES string of the molecule is CNS(=O)(=O)c1ccc(CCC(=O)N2C3CCNCC2CC3)cc1. The molecule has 2 aliphatic heterocycles. The van der Waals surface area contributed by atoms with Crippen molar-refractivity contribution in [3.8, 4) is 0 Å². The number of amides is 1. The van der Waals surface area contributed by atoms with Crippen LogP contribution in [0.1, 0.15) is 31.2 Å². The number of benzene rings is 1. The van der Waals surface area contributed by atoms with Gasteiger partial charge in [0.2, 0.25) is 15.9 Å². The number of carbonyl (C=O) groups is 1. The van der Waals surface area contributed by atoms with E-state index in [0.29, 0.717) is 24.9 Å². The van der Waals surface area contributed by atoms with Crippen molar-refractivity contribution in [2.45, 2.75) is 49.1 Å². The summed E-state index contributed by atoms with van der Waals surface area (Å²) in [6.07, 6.45) is 4.38. The second-order valence-corrected chi connectivity index (χ2v) is 8.42. The Hall–Kier alpha value is -1.44. The molecule has 24 heavy (non-hydrogen) atoms. The van der Waals surface area contributed by atoms with Crippen LogP contribution in [0, 0.1) is 0 Å². The van der Waals surface area contributed by atoms with E-state index in [0.717, 1.165) is 37.9 Å². The molecule has 0 radical (unpaired) electrons. The number of hydrogen-bond donors (Lipinski definition) is 2. The molecule has 0 spiro atoms. The Morgan fingerprint density at radius 3 is 2.62 bits per heavy atom. The first kappa shape index (κ1) is 17.4. The molecule has 2 unspecified atom stereocenters. The van der Waals surface area contributed by atoms with E-state index in [-0.39, 0.29) is 10.8 Å². The summed E-state index contributed by atoms with van der Waals surface area (Å²) >= 11 is 0. The highest BCUT2D eigenvalue weighted by atomic mass is 32.2. The summed E-state index contributed by atoms with van der Waals surface area (Å²) in [7, 11) is -2.01. The van der Waals surface area contributed by atoms with Crippen LogP contribution in [0.15, 0.2) is 29.2 Å². The van der Waals surface area contributed by atoms with E-state index < -0.39 is 10.0 Å². The molecule has 132 valence electrons. The van der Waals surface area contributed by atoms with Crippen LogP contribution in [0.25, 0.3) is 0 Å². The molecule has 1 amide bonds. The summed E-state index contributed by atoms with van der Waals surface area (Å²) in [6.45, 7) is 1.89. The second-order valence-electron chi connectivity index (χ2n) is 6.53. The smallest absolute Gasteiger partial charge is 0.240 e. The van der Waals surface area contributed by atoms with Gasteiger partial charge in [-0.2, -0.15) is 0 Å². The predicted molar refractivity (Wildman–Crippen MR) is 92.2 cm³/mol. The lowest BCUT2D eigenvalue weighted by atomic mass is 10.1. The molecule has 1 aromatic carbocycles. The van der Waals surface area contributed by atoms with Crippen molar-refractivity contribution in [1.29, 1.82) is 0 Å². The van der Waals surface area contributed by atoms with Crippen molar-refractivity contribution in [3.05, 3.63) is 29.8 Å². The molecule has 2 atom stereocenters. The lowest BCUT2D eigenvalue weighted by molar-refractivity contribution is -0.133. The van der Waals surface area contributed by atoms with Gasteiger partial charge in [-0.15, -0.1) is 0 Å². The van der Waals surface area contributed by atoms with Gasteiger partial charge < -0.3 is 10.2 Å². The molecule has 2 saturated heterocycles. The molecule has 0 aromatic heterocycles. The van der Waals surface area contributed by atoms with E-state index in [2.05, 4.69) is 14.9 Å². The van der Waals surface area contributed by atoms with Crippen LogP contribution in [0.3, 0.4) is 0 Å². The fourth-order valence-electron chi connectivity index (χ4n) is 3.72. The molecule has 6 nitrogen and oxygen atoms in total. The third-order valence-electron chi connectivity index (χ3n) is 5.07. The number of nitrogens with one attached hydrogen (secondary N) is 2. The third-order valence-corrected chi connectivity index (χ3v) is 6.50. The number of nitrogens with zero attached hydrogens (tertiary/aromatic N) is 1. The van der Waals surface area contributed by atoms with Crippen LogP contribution in [-0.2, 0) is 21.2 Å². The molecule has 0 saturated carbocycles. The first-order valence-electron chi connectivity index (χ1n) is 8.55. The van der Waals surface area contributed by atoms with Gasteiger partial charge in [-0.05, 0) is 57.0 Å². The minimum atomic E-state index is -3.41. The summed E-state index contributed by atoms with van der Waals surface area (Å²) in [5.41, 5.74) is 0.985. The maximum absolute atomic E-state index is 12.6. The zero-order valence-electron chi connectivity index (χ0n) is 14.0. The van der Waals surface area contributed by atoms with Gasteiger partial charge in [0.25, 0.3) is 0 Å². The average molecular weight is 351 g/mol. The summed E-state index contributed by atoms with van der Waals surface area (Å²) in [5.74, 6) is 0.220. The molecule has 3 rings (SSSR count). The van der Waals surface area contributed by atoms with E-state index in [1.54, 1.807) is 24.3 Å². The largest absolute Gasteiger partial charge is 0.335 e.